The van der Waals surface area contributed by atoms with E-state index in [-0.39, 0.29) is 12.0 Å². The Bertz CT molecular complexity index is 404. The zero-order chi connectivity index (χ0) is 13.5. The lowest BCUT2D eigenvalue weighted by Crippen LogP contribution is -2.48. The number of hydrogen-bond acceptors (Lipinski definition) is 5. The number of aromatic nitrogens is 2. The van der Waals surface area contributed by atoms with E-state index in [0.29, 0.717) is 19.7 Å². The predicted octanol–water partition coefficient (Wildman–Crippen LogP) is 0.0559. The monoisotopic (exact) mass is 284 g/mol. The minimum atomic E-state index is -0.340. The zero-order valence-electron chi connectivity index (χ0n) is 11.1. The molecule has 1 aromatic rings. The molecular formula is C12H20N4O2S. The summed E-state index contributed by atoms with van der Waals surface area (Å²) in [5.41, 5.74) is 2.19. The Kier molecular flexibility index (Phi) is 5.68. The van der Waals surface area contributed by atoms with Crippen molar-refractivity contribution in [2.75, 3.05) is 32.0 Å². The lowest BCUT2D eigenvalue weighted by molar-refractivity contribution is -0.134. The maximum absolute atomic E-state index is 11.7. The van der Waals surface area contributed by atoms with Crippen LogP contribution in [0.3, 0.4) is 0 Å². The minimum absolute atomic E-state index is 0.0243. The van der Waals surface area contributed by atoms with Gasteiger partial charge in [-0.2, -0.15) is 11.8 Å². The molecule has 1 fully saturated rings. The number of imidazole rings is 1. The minimum Gasteiger partial charge on any atom is -0.366 e. The second-order valence-corrected chi connectivity index (χ2v) is 5.49. The van der Waals surface area contributed by atoms with Crippen LogP contribution in [0.15, 0.2) is 6.33 Å². The van der Waals surface area contributed by atoms with Gasteiger partial charge in [-0.15, -0.1) is 0 Å². The van der Waals surface area contributed by atoms with E-state index in [1.165, 1.54) is 0 Å². The van der Waals surface area contributed by atoms with Crippen LogP contribution in [-0.2, 0) is 15.3 Å². The number of carbonyl (C=O) groups is 1. The van der Waals surface area contributed by atoms with Crippen LogP contribution >= 0.6 is 11.8 Å². The maximum Gasteiger partial charge on any atom is 0.250 e. The molecule has 1 unspecified atom stereocenters. The van der Waals surface area contributed by atoms with E-state index in [9.17, 15) is 4.79 Å². The Hall–Kier alpha value is -1.05. The highest BCUT2D eigenvalue weighted by molar-refractivity contribution is 7.98. The van der Waals surface area contributed by atoms with Crippen LogP contribution in [0.1, 0.15) is 11.4 Å². The third kappa shape index (κ3) is 4.52. The number of carbonyl (C=O) groups excluding carboxylic acids is 1. The van der Waals surface area contributed by atoms with Crippen molar-refractivity contribution in [1.29, 1.82) is 0 Å². The normalized spacial score (nSPS) is 19.3. The molecule has 1 amide bonds. The number of nitrogens with zero attached hydrogens (tertiary/aromatic N) is 1. The average Bonchev–Trinajstić information content (AvgIpc) is 2.85. The fraction of sp³-hybridized carbons (Fsp3) is 0.667. The number of morpholine rings is 1. The Morgan fingerprint density at radius 1 is 1.68 bits per heavy atom. The van der Waals surface area contributed by atoms with Crippen molar-refractivity contribution in [1.82, 2.24) is 20.6 Å². The predicted molar refractivity (Wildman–Crippen MR) is 75.1 cm³/mol. The zero-order valence-corrected chi connectivity index (χ0v) is 11.9. The van der Waals surface area contributed by atoms with Crippen LogP contribution in [-0.4, -0.2) is 54.0 Å². The number of thioether (sulfide) groups is 1. The molecule has 1 aliphatic heterocycles. The van der Waals surface area contributed by atoms with Crippen molar-refractivity contribution in [2.24, 2.45) is 0 Å². The van der Waals surface area contributed by atoms with Crippen molar-refractivity contribution in [2.45, 2.75) is 18.8 Å². The van der Waals surface area contributed by atoms with Gasteiger partial charge in [0.05, 0.1) is 18.6 Å². The summed E-state index contributed by atoms with van der Waals surface area (Å²) in [5, 5.41) is 6.03. The first-order chi connectivity index (χ1) is 9.27. The molecule has 7 heteroatoms. The van der Waals surface area contributed by atoms with Crippen molar-refractivity contribution in [3.63, 3.8) is 0 Å². The smallest absolute Gasteiger partial charge is 0.250 e. The van der Waals surface area contributed by atoms with Crippen molar-refractivity contribution in [3.05, 3.63) is 17.7 Å². The molecular weight excluding hydrogens is 264 g/mol. The maximum atomic E-state index is 11.7. The summed E-state index contributed by atoms with van der Waals surface area (Å²) in [6.45, 7) is 4.70. The summed E-state index contributed by atoms with van der Waals surface area (Å²) in [6.07, 6.45) is 1.37. The average molecular weight is 284 g/mol. The van der Waals surface area contributed by atoms with E-state index in [4.69, 9.17) is 4.74 Å². The molecule has 0 aromatic carbocycles. The van der Waals surface area contributed by atoms with E-state index in [1.54, 1.807) is 18.1 Å². The van der Waals surface area contributed by atoms with Gasteiger partial charge in [0.1, 0.15) is 6.10 Å². The lowest BCUT2D eigenvalue weighted by atomic mass is 10.3. The van der Waals surface area contributed by atoms with Gasteiger partial charge < -0.3 is 20.4 Å². The molecule has 1 aliphatic rings. The Labute approximate surface area is 117 Å². The lowest BCUT2D eigenvalue weighted by Gasteiger charge is -2.22. The van der Waals surface area contributed by atoms with E-state index in [2.05, 4.69) is 20.6 Å². The Balaban J connectivity index is 1.56. The molecule has 0 spiro atoms. The number of aromatic amines is 1. The second kappa shape index (κ2) is 7.52. The van der Waals surface area contributed by atoms with E-state index >= 15 is 0 Å². The van der Waals surface area contributed by atoms with Crippen molar-refractivity contribution >= 4 is 17.7 Å². The van der Waals surface area contributed by atoms with Crippen LogP contribution in [0, 0.1) is 6.92 Å². The molecule has 0 bridgehead atoms. The molecule has 2 rings (SSSR count). The van der Waals surface area contributed by atoms with Crippen LogP contribution in [0.5, 0.6) is 0 Å². The molecule has 0 saturated carbocycles. The number of nitrogens with one attached hydrogen (secondary N) is 3. The molecule has 19 heavy (non-hydrogen) atoms. The number of amides is 1. The highest BCUT2D eigenvalue weighted by Gasteiger charge is 2.20. The summed E-state index contributed by atoms with van der Waals surface area (Å²) in [4.78, 5) is 19.0. The molecule has 0 aliphatic carbocycles. The first kappa shape index (κ1) is 14.4. The summed E-state index contributed by atoms with van der Waals surface area (Å²) >= 11 is 1.76. The van der Waals surface area contributed by atoms with Crippen molar-refractivity contribution in [3.8, 4) is 0 Å². The largest absolute Gasteiger partial charge is 0.366 e. The quantitative estimate of drug-likeness (QED) is 0.644. The van der Waals surface area contributed by atoms with Gasteiger partial charge in [-0.3, -0.25) is 4.79 Å². The van der Waals surface area contributed by atoms with Crippen LogP contribution in [0.4, 0.5) is 0 Å². The highest BCUT2D eigenvalue weighted by Crippen LogP contribution is 2.11. The van der Waals surface area contributed by atoms with Crippen LogP contribution < -0.4 is 10.6 Å². The molecule has 106 valence electrons. The number of ether oxygens (including phenoxy) is 1. The summed E-state index contributed by atoms with van der Waals surface area (Å²) < 4.78 is 5.38. The third-order valence-corrected chi connectivity index (χ3v) is 3.91. The SMILES string of the molecule is Cc1[nH]cnc1CSCCNC(=O)C1CNCCO1. The highest BCUT2D eigenvalue weighted by atomic mass is 32.2. The fourth-order valence-electron chi connectivity index (χ4n) is 1.80. The summed E-state index contributed by atoms with van der Waals surface area (Å²) in [5.74, 6) is 1.72. The molecule has 1 aromatic heterocycles. The first-order valence-electron chi connectivity index (χ1n) is 6.44. The molecule has 3 N–H and O–H groups in total. The van der Waals surface area contributed by atoms with E-state index in [0.717, 1.165) is 29.4 Å². The molecule has 1 saturated heterocycles. The summed E-state index contributed by atoms with van der Waals surface area (Å²) in [7, 11) is 0. The molecule has 6 nitrogen and oxygen atoms in total. The Morgan fingerprint density at radius 3 is 3.26 bits per heavy atom. The van der Waals surface area contributed by atoms with Gasteiger partial charge in [-0.25, -0.2) is 4.98 Å². The number of aryl methyl sites for hydroxylation is 1. The van der Waals surface area contributed by atoms with E-state index in [1.807, 2.05) is 6.92 Å². The Morgan fingerprint density at radius 2 is 2.58 bits per heavy atom. The molecule has 2 heterocycles. The van der Waals surface area contributed by atoms with Gasteiger partial charge in [0.15, 0.2) is 0 Å². The summed E-state index contributed by atoms with van der Waals surface area (Å²) in [6, 6.07) is 0. The molecule has 1 atom stereocenters. The van der Waals surface area contributed by atoms with Gasteiger partial charge in [0.2, 0.25) is 5.91 Å². The van der Waals surface area contributed by atoms with Crippen molar-refractivity contribution < 1.29 is 9.53 Å². The molecule has 0 radical (unpaired) electrons. The topological polar surface area (TPSA) is 79.0 Å². The number of H-pyrrole nitrogens is 1. The van der Waals surface area contributed by atoms with E-state index < -0.39 is 0 Å². The van der Waals surface area contributed by atoms with Gasteiger partial charge in [-0.05, 0) is 6.92 Å². The fourth-order valence-corrected chi connectivity index (χ4v) is 2.67. The van der Waals surface area contributed by atoms with Gasteiger partial charge in [0.25, 0.3) is 0 Å². The van der Waals surface area contributed by atoms with Crippen LogP contribution in [0.2, 0.25) is 0 Å². The van der Waals surface area contributed by atoms with Gasteiger partial charge in [0, 0.05) is 36.8 Å². The number of hydrogen-bond donors (Lipinski definition) is 3. The van der Waals surface area contributed by atoms with Gasteiger partial charge in [-0.1, -0.05) is 0 Å². The first-order valence-corrected chi connectivity index (χ1v) is 7.59. The van der Waals surface area contributed by atoms with Gasteiger partial charge >= 0.3 is 0 Å². The third-order valence-electron chi connectivity index (χ3n) is 2.94. The van der Waals surface area contributed by atoms with Crippen LogP contribution in [0.25, 0.3) is 0 Å². The number of rotatable bonds is 6. The standard InChI is InChI=1S/C12H20N4O2S/c1-9-10(16-8-15-9)7-19-5-3-14-12(17)11-6-13-2-4-18-11/h8,11,13H,2-7H2,1H3,(H,14,17)(H,15,16). The second-order valence-electron chi connectivity index (χ2n) is 4.38.